The summed E-state index contributed by atoms with van der Waals surface area (Å²) in [7, 11) is 4.15. The molecule has 146 valence electrons. The van der Waals surface area contributed by atoms with Gasteiger partial charge in [-0.3, -0.25) is 0 Å². The number of guanidine groups is 1. The van der Waals surface area contributed by atoms with Gasteiger partial charge < -0.3 is 15.5 Å². The van der Waals surface area contributed by atoms with E-state index < -0.39 is 0 Å². The first-order chi connectivity index (χ1) is 13.0. The third kappa shape index (κ3) is 7.02. The molecule has 4 nitrogen and oxygen atoms in total. The summed E-state index contributed by atoms with van der Waals surface area (Å²) in [4.78, 5) is 6.90. The summed E-state index contributed by atoms with van der Waals surface area (Å²) in [6.07, 6.45) is 0.827. The Morgan fingerprint density at radius 2 is 1.78 bits per heavy atom. The first-order valence-corrected chi connectivity index (χ1v) is 9.48. The van der Waals surface area contributed by atoms with Crippen LogP contribution in [0.4, 0.5) is 4.39 Å². The number of halogens is 1. The van der Waals surface area contributed by atoms with Crippen LogP contribution in [0.1, 0.15) is 29.2 Å². The predicted octanol–water partition coefficient (Wildman–Crippen LogP) is 3.49. The standard InChI is InChI=1S/C22H31FN4/c1-5-24-22(25-13-12-18-10-11-21(23)14-17(18)2)26-15-19-8-6-7-9-20(19)16-27(3)4/h6-11,14H,5,12-13,15-16H2,1-4H3,(H2,24,25,26). The molecule has 0 aliphatic heterocycles. The van der Waals surface area contributed by atoms with Crippen LogP contribution in [-0.2, 0) is 19.5 Å². The Morgan fingerprint density at radius 1 is 1.04 bits per heavy atom. The Labute approximate surface area is 162 Å². The van der Waals surface area contributed by atoms with Gasteiger partial charge in [-0.15, -0.1) is 0 Å². The van der Waals surface area contributed by atoms with Crippen LogP contribution in [0.15, 0.2) is 47.5 Å². The predicted molar refractivity (Wildman–Crippen MR) is 111 cm³/mol. The third-order valence-corrected chi connectivity index (χ3v) is 4.35. The zero-order valence-corrected chi connectivity index (χ0v) is 16.8. The van der Waals surface area contributed by atoms with Crippen LogP contribution in [0, 0.1) is 12.7 Å². The monoisotopic (exact) mass is 370 g/mol. The van der Waals surface area contributed by atoms with E-state index in [9.17, 15) is 4.39 Å². The largest absolute Gasteiger partial charge is 0.357 e. The van der Waals surface area contributed by atoms with Crippen molar-refractivity contribution in [3.63, 3.8) is 0 Å². The molecule has 0 atom stereocenters. The second-order valence-electron chi connectivity index (χ2n) is 6.95. The Bertz CT molecular complexity index is 756. The fourth-order valence-corrected chi connectivity index (χ4v) is 2.97. The molecule has 0 unspecified atom stereocenters. The number of benzene rings is 2. The average molecular weight is 371 g/mol. The maximum Gasteiger partial charge on any atom is 0.191 e. The molecule has 0 saturated carbocycles. The van der Waals surface area contributed by atoms with Gasteiger partial charge in [0.2, 0.25) is 0 Å². The van der Waals surface area contributed by atoms with E-state index in [4.69, 9.17) is 4.99 Å². The van der Waals surface area contributed by atoms with E-state index in [2.05, 4.69) is 60.8 Å². The number of nitrogens with one attached hydrogen (secondary N) is 2. The van der Waals surface area contributed by atoms with E-state index in [-0.39, 0.29) is 5.82 Å². The molecule has 0 spiro atoms. The van der Waals surface area contributed by atoms with Gasteiger partial charge in [0.05, 0.1) is 6.54 Å². The molecule has 0 aliphatic carbocycles. The van der Waals surface area contributed by atoms with Gasteiger partial charge in [-0.05, 0) is 68.8 Å². The fourth-order valence-electron chi connectivity index (χ4n) is 2.97. The summed E-state index contributed by atoms with van der Waals surface area (Å²) >= 11 is 0. The number of rotatable bonds is 8. The molecule has 2 rings (SSSR count). The minimum atomic E-state index is -0.185. The summed E-state index contributed by atoms with van der Waals surface area (Å²) < 4.78 is 13.2. The Morgan fingerprint density at radius 3 is 2.44 bits per heavy atom. The molecule has 27 heavy (non-hydrogen) atoms. The first-order valence-electron chi connectivity index (χ1n) is 9.48. The molecule has 0 aliphatic rings. The molecule has 5 heteroatoms. The summed E-state index contributed by atoms with van der Waals surface area (Å²) in [5, 5.41) is 6.67. The molecule has 0 aromatic heterocycles. The van der Waals surface area contributed by atoms with E-state index in [1.165, 1.54) is 17.2 Å². The van der Waals surface area contributed by atoms with Gasteiger partial charge >= 0.3 is 0 Å². The fraction of sp³-hybridized carbons (Fsp3) is 0.409. The highest BCUT2D eigenvalue weighted by Crippen LogP contribution is 2.12. The minimum absolute atomic E-state index is 0.185. The summed E-state index contributed by atoms with van der Waals surface area (Å²) in [5.41, 5.74) is 4.66. The van der Waals surface area contributed by atoms with Crippen molar-refractivity contribution in [2.75, 3.05) is 27.2 Å². The zero-order chi connectivity index (χ0) is 19.6. The molecule has 2 aromatic carbocycles. The topological polar surface area (TPSA) is 39.7 Å². The molecular formula is C22H31FN4. The van der Waals surface area contributed by atoms with Crippen LogP contribution >= 0.6 is 0 Å². The van der Waals surface area contributed by atoms with Crippen molar-refractivity contribution in [2.45, 2.75) is 33.4 Å². The van der Waals surface area contributed by atoms with Crippen LogP contribution < -0.4 is 10.6 Å². The molecular weight excluding hydrogens is 339 g/mol. The van der Waals surface area contributed by atoms with Gasteiger partial charge in [-0.1, -0.05) is 30.3 Å². The van der Waals surface area contributed by atoms with Crippen LogP contribution in [0.5, 0.6) is 0 Å². The first kappa shape index (κ1) is 20.9. The van der Waals surface area contributed by atoms with Gasteiger partial charge in [-0.2, -0.15) is 0 Å². The summed E-state index contributed by atoms with van der Waals surface area (Å²) in [5.74, 6) is 0.618. The van der Waals surface area contributed by atoms with Crippen LogP contribution in [-0.4, -0.2) is 38.0 Å². The SMILES string of the molecule is CCNC(=NCc1ccccc1CN(C)C)NCCc1ccc(F)cc1C. The maximum atomic E-state index is 13.2. The normalized spacial score (nSPS) is 11.7. The maximum absolute atomic E-state index is 13.2. The van der Waals surface area contributed by atoms with Crippen molar-refractivity contribution in [2.24, 2.45) is 4.99 Å². The molecule has 0 bridgehead atoms. The average Bonchev–Trinajstić information content (AvgIpc) is 2.62. The molecule has 0 radical (unpaired) electrons. The highest BCUT2D eigenvalue weighted by atomic mass is 19.1. The smallest absolute Gasteiger partial charge is 0.191 e. The molecule has 0 fully saturated rings. The lowest BCUT2D eigenvalue weighted by molar-refractivity contribution is 0.401. The molecule has 0 amide bonds. The number of aryl methyl sites for hydroxylation is 1. The number of aliphatic imine (C=N–C) groups is 1. The van der Waals surface area contributed by atoms with Gasteiger partial charge in [0.15, 0.2) is 5.96 Å². The van der Waals surface area contributed by atoms with Crippen LogP contribution in [0.2, 0.25) is 0 Å². The van der Waals surface area contributed by atoms with Crippen molar-refractivity contribution >= 4 is 5.96 Å². The Kier molecular flexibility index (Phi) is 8.27. The lowest BCUT2D eigenvalue weighted by Gasteiger charge is -2.15. The van der Waals surface area contributed by atoms with E-state index in [0.29, 0.717) is 6.54 Å². The Hall–Kier alpha value is -2.40. The van der Waals surface area contributed by atoms with Gasteiger partial charge in [-0.25, -0.2) is 9.38 Å². The second-order valence-corrected chi connectivity index (χ2v) is 6.95. The van der Waals surface area contributed by atoms with Crippen molar-refractivity contribution in [3.8, 4) is 0 Å². The van der Waals surface area contributed by atoms with Crippen LogP contribution in [0.3, 0.4) is 0 Å². The number of hydrogen-bond acceptors (Lipinski definition) is 2. The van der Waals surface area contributed by atoms with Gasteiger partial charge in [0.25, 0.3) is 0 Å². The highest BCUT2D eigenvalue weighted by molar-refractivity contribution is 5.79. The van der Waals surface area contributed by atoms with Crippen molar-refractivity contribution in [1.29, 1.82) is 0 Å². The number of nitrogens with zero attached hydrogens (tertiary/aromatic N) is 2. The van der Waals surface area contributed by atoms with E-state index in [1.54, 1.807) is 6.07 Å². The minimum Gasteiger partial charge on any atom is -0.357 e. The molecule has 2 N–H and O–H groups in total. The van der Waals surface area contributed by atoms with Crippen LogP contribution in [0.25, 0.3) is 0 Å². The zero-order valence-electron chi connectivity index (χ0n) is 16.8. The lowest BCUT2D eigenvalue weighted by Crippen LogP contribution is -2.38. The van der Waals surface area contributed by atoms with Crippen molar-refractivity contribution < 1.29 is 4.39 Å². The van der Waals surface area contributed by atoms with Crippen molar-refractivity contribution in [1.82, 2.24) is 15.5 Å². The van der Waals surface area contributed by atoms with Gasteiger partial charge in [0, 0.05) is 19.6 Å². The lowest BCUT2D eigenvalue weighted by atomic mass is 10.1. The van der Waals surface area contributed by atoms with E-state index in [0.717, 1.165) is 43.1 Å². The molecule has 0 heterocycles. The number of hydrogen-bond donors (Lipinski definition) is 2. The Balaban J connectivity index is 1.98. The van der Waals surface area contributed by atoms with E-state index in [1.807, 2.05) is 13.0 Å². The molecule has 0 saturated heterocycles. The summed E-state index contributed by atoms with van der Waals surface area (Å²) in [6.45, 7) is 7.09. The third-order valence-electron chi connectivity index (χ3n) is 4.35. The quantitative estimate of drug-likeness (QED) is 0.552. The van der Waals surface area contributed by atoms with Gasteiger partial charge in [0.1, 0.15) is 5.82 Å². The summed E-state index contributed by atoms with van der Waals surface area (Å²) in [6, 6.07) is 13.4. The second kappa shape index (κ2) is 10.7. The molecule has 2 aromatic rings. The van der Waals surface area contributed by atoms with Crippen molar-refractivity contribution in [3.05, 3.63) is 70.5 Å². The van der Waals surface area contributed by atoms with E-state index >= 15 is 0 Å². The highest BCUT2D eigenvalue weighted by Gasteiger charge is 2.05.